The Hall–Kier alpha value is -2.41. The Balaban J connectivity index is 2.08. The molecule has 0 saturated carbocycles. The van der Waals surface area contributed by atoms with E-state index < -0.39 is 30.3 Å². The van der Waals surface area contributed by atoms with Gasteiger partial charge in [-0.1, -0.05) is 24.6 Å². The summed E-state index contributed by atoms with van der Waals surface area (Å²) in [6.07, 6.45) is 0.534. The van der Waals surface area contributed by atoms with E-state index >= 15 is 0 Å². The number of nitrogens with zero attached hydrogens (tertiary/aromatic N) is 2. The van der Waals surface area contributed by atoms with Gasteiger partial charge in [0.2, 0.25) is 5.91 Å². The van der Waals surface area contributed by atoms with E-state index in [4.69, 9.17) is 11.6 Å². The Morgan fingerprint density at radius 3 is 2.48 bits per heavy atom. The van der Waals surface area contributed by atoms with Crippen LogP contribution in [0.2, 0.25) is 5.02 Å². The molecule has 1 saturated heterocycles. The first-order valence-corrected chi connectivity index (χ1v) is 7.46. The predicted molar refractivity (Wildman–Crippen MR) is 83.9 cm³/mol. The quantitative estimate of drug-likeness (QED) is 0.655. The number of urea groups is 1. The van der Waals surface area contributed by atoms with Gasteiger partial charge in [-0.2, -0.15) is 0 Å². The molecule has 23 heavy (non-hydrogen) atoms. The number of carbonyl (C=O) groups is 4. The summed E-state index contributed by atoms with van der Waals surface area (Å²) in [5.41, 5.74) is 1.27. The maximum absolute atomic E-state index is 12.1. The van der Waals surface area contributed by atoms with E-state index in [0.717, 1.165) is 10.5 Å². The number of benzene rings is 1. The Labute approximate surface area is 138 Å². The molecule has 0 bridgehead atoms. The fourth-order valence-corrected chi connectivity index (χ4v) is 2.34. The van der Waals surface area contributed by atoms with Crippen LogP contribution < -0.4 is 5.32 Å². The van der Waals surface area contributed by atoms with Crippen molar-refractivity contribution in [3.05, 3.63) is 28.8 Å². The standard InChI is InChI=1S/C15H16ClN3O4/c1-3-6-18-13(21)14(22)19(15(18)23)8-12(20)17-11-7-10(16)5-4-9(11)2/h4-5,7H,3,6,8H2,1-2H3,(H,17,20). The summed E-state index contributed by atoms with van der Waals surface area (Å²) in [4.78, 5) is 49.1. The lowest BCUT2D eigenvalue weighted by molar-refractivity contribution is -0.143. The van der Waals surface area contributed by atoms with Gasteiger partial charge in [-0.25, -0.2) is 9.69 Å². The molecule has 1 aliphatic heterocycles. The van der Waals surface area contributed by atoms with Gasteiger partial charge in [0.25, 0.3) is 0 Å². The molecule has 5 amide bonds. The second-order valence-electron chi connectivity index (χ2n) is 5.14. The van der Waals surface area contributed by atoms with E-state index in [1.807, 2.05) is 0 Å². The first-order chi connectivity index (χ1) is 10.8. The van der Waals surface area contributed by atoms with Crippen molar-refractivity contribution in [2.45, 2.75) is 20.3 Å². The van der Waals surface area contributed by atoms with Crippen molar-refractivity contribution in [1.29, 1.82) is 0 Å². The first kappa shape index (κ1) is 17.0. The Bertz CT molecular complexity index is 689. The number of nitrogens with one attached hydrogen (secondary N) is 1. The highest BCUT2D eigenvalue weighted by Gasteiger charge is 2.44. The highest BCUT2D eigenvalue weighted by atomic mass is 35.5. The van der Waals surface area contributed by atoms with Crippen LogP contribution in [-0.2, 0) is 14.4 Å². The highest BCUT2D eigenvalue weighted by Crippen LogP contribution is 2.20. The van der Waals surface area contributed by atoms with Gasteiger partial charge in [-0.3, -0.25) is 19.3 Å². The van der Waals surface area contributed by atoms with Gasteiger partial charge >= 0.3 is 17.8 Å². The van der Waals surface area contributed by atoms with E-state index in [9.17, 15) is 19.2 Å². The van der Waals surface area contributed by atoms with Gasteiger partial charge in [0.05, 0.1) is 0 Å². The van der Waals surface area contributed by atoms with E-state index in [0.29, 0.717) is 22.0 Å². The number of hydrogen-bond acceptors (Lipinski definition) is 4. The average Bonchev–Trinajstić information content (AvgIpc) is 2.69. The van der Waals surface area contributed by atoms with Gasteiger partial charge in [-0.05, 0) is 31.0 Å². The van der Waals surface area contributed by atoms with Crippen LogP contribution in [0.15, 0.2) is 18.2 Å². The van der Waals surface area contributed by atoms with Crippen molar-refractivity contribution >= 4 is 41.0 Å². The van der Waals surface area contributed by atoms with Crippen LogP contribution in [0, 0.1) is 6.92 Å². The third-order valence-corrected chi connectivity index (χ3v) is 3.59. The molecule has 1 heterocycles. The molecule has 0 aromatic heterocycles. The minimum atomic E-state index is -0.985. The summed E-state index contributed by atoms with van der Waals surface area (Å²) in [6.45, 7) is 3.19. The molecular formula is C15H16ClN3O4. The van der Waals surface area contributed by atoms with Crippen molar-refractivity contribution < 1.29 is 19.2 Å². The van der Waals surface area contributed by atoms with E-state index in [1.54, 1.807) is 32.0 Å². The van der Waals surface area contributed by atoms with E-state index in [1.165, 1.54) is 0 Å². The number of anilines is 1. The van der Waals surface area contributed by atoms with Crippen LogP contribution in [0.1, 0.15) is 18.9 Å². The summed E-state index contributed by atoms with van der Waals surface area (Å²) in [6, 6.07) is 4.22. The van der Waals surface area contributed by atoms with Crippen LogP contribution in [0.25, 0.3) is 0 Å². The molecule has 1 aliphatic rings. The lowest BCUT2D eigenvalue weighted by Crippen LogP contribution is -2.39. The second kappa shape index (κ2) is 6.78. The van der Waals surface area contributed by atoms with Gasteiger partial charge in [0.1, 0.15) is 6.54 Å². The van der Waals surface area contributed by atoms with E-state index in [-0.39, 0.29) is 6.54 Å². The third kappa shape index (κ3) is 3.50. The van der Waals surface area contributed by atoms with E-state index in [2.05, 4.69) is 5.32 Å². The molecular weight excluding hydrogens is 322 g/mol. The molecule has 0 radical (unpaired) electrons. The summed E-state index contributed by atoms with van der Waals surface area (Å²) in [5, 5.41) is 3.03. The van der Waals surface area contributed by atoms with Crippen LogP contribution in [-0.4, -0.2) is 46.6 Å². The van der Waals surface area contributed by atoms with Crippen molar-refractivity contribution in [3.8, 4) is 0 Å². The van der Waals surface area contributed by atoms with Gasteiger partial charge < -0.3 is 5.32 Å². The highest BCUT2D eigenvalue weighted by molar-refractivity contribution is 6.45. The number of rotatable bonds is 5. The topological polar surface area (TPSA) is 86.8 Å². The van der Waals surface area contributed by atoms with Gasteiger partial charge in [0, 0.05) is 17.3 Å². The molecule has 0 aliphatic carbocycles. The smallest absolute Gasteiger partial charge is 0.324 e. The molecule has 1 N–H and O–H groups in total. The fourth-order valence-electron chi connectivity index (χ4n) is 2.17. The van der Waals surface area contributed by atoms with Crippen LogP contribution in [0.3, 0.4) is 0 Å². The number of amides is 5. The number of hydrogen-bond donors (Lipinski definition) is 1. The maximum atomic E-state index is 12.1. The number of halogens is 1. The molecule has 0 atom stereocenters. The summed E-state index contributed by atoms with van der Waals surface area (Å²) < 4.78 is 0. The third-order valence-electron chi connectivity index (χ3n) is 3.36. The molecule has 0 spiro atoms. The van der Waals surface area contributed by atoms with Gasteiger partial charge in [0.15, 0.2) is 0 Å². The molecule has 122 valence electrons. The monoisotopic (exact) mass is 337 g/mol. The van der Waals surface area contributed by atoms with Crippen molar-refractivity contribution in [2.24, 2.45) is 0 Å². The zero-order valence-electron chi connectivity index (χ0n) is 12.8. The van der Waals surface area contributed by atoms with Crippen LogP contribution in [0.4, 0.5) is 10.5 Å². The predicted octanol–water partition coefficient (Wildman–Crippen LogP) is 1.79. The minimum Gasteiger partial charge on any atom is -0.324 e. The molecule has 1 fully saturated rings. The first-order valence-electron chi connectivity index (χ1n) is 7.08. The summed E-state index contributed by atoms with van der Waals surface area (Å²) in [5.74, 6) is -2.46. The number of imide groups is 2. The normalized spacial score (nSPS) is 14.7. The summed E-state index contributed by atoms with van der Waals surface area (Å²) >= 11 is 5.87. The van der Waals surface area contributed by atoms with Crippen molar-refractivity contribution in [3.63, 3.8) is 0 Å². The molecule has 8 heteroatoms. The summed E-state index contributed by atoms with van der Waals surface area (Å²) in [7, 11) is 0. The average molecular weight is 338 g/mol. The molecule has 7 nitrogen and oxygen atoms in total. The van der Waals surface area contributed by atoms with Crippen LogP contribution >= 0.6 is 11.6 Å². The van der Waals surface area contributed by atoms with Crippen molar-refractivity contribution in [2.75, 3.05) is 18.4 Å². The lowest BCUT2D eigenvalue weighted by Gasteiger charge is -2.15. The largest absolute Gasteiger partial charge is 0.334 e. The SMILES string of the molecule is CCCN1C(=O)C(=O)N(CC(=O)Nc2cc(Cl)ccc2C)C1=O. The van der Waals surface area contributed by atoms with Gasteiger partial charge in [-0.15, -0.1) is 0 Å². The number of aryl methyl sites for hydroxylation is 1. The zero-order chi connectivity index (χ0) is 17.1. The van der Waals surface area contributed by atoms with Crippen molar-refractivity contribution in [1.82, 2.24) is 9.80 Å². The number of carbonyl (C=O) groups excluding carboxylic acids is 4. The Kier molecular flexibility index (Phi) is 5.00. The Morgan fingerprint density at radius 1 is 1.17 bits per heavy atom. The van der Waals surface area contributed by atoms with Crippen LogP contribution in [0.5, 0.6) is 0 Å². The molecule has 1 aromatic rings. The molecule has 0 unspecified atom stereocenters. The Morgan fingerprint density at radius 2 is 1.83 bits per heavy atom. The lowest BCUT2D eigenvalue weighted by atomic mass is 10.2. The zero-order valence-corrected chi connectivity index (χ0v) is 13.5. The molecule has 2 rings (SSSR count). The second-order valence-corrected chi connectivity index (χ2v) is 5.57. The maximum Gasteiger partial charge on any atom is 0.334 e. The fraction of sp³-hybridized carbons (Fsp3) is 0.333. The minimum absolute atomic E-state index is 0.148. The molecule has 1 aromatic carbocycles.